The molecule has 0 unspecified atom stereocenters. The van der Waals surface area contributed by atoms with Crippen LogP contribution in [-0.2, 0) is 35.2 Å². The lowest BCUT2D eigenvalue weighted by Crippen LogP contribution is -2.47. The summed E-state index contributed by atoms with van der Waals surface area (Å²) < 4.78 is 38.6. The summed E-state index contributed by atoms with van der Waals surface area (Å²) in [6.45, 7) is 5.40. The molecule has 0 bridgehead atoms. The second-order valence-electron chi connectivity index (χ2n) is 8.60. The lowest BCUT2D eigenvalue weighted by atomic mass is 9.78. The fraction of sp³-hybridized carbons (Fsp3) is 0.619. The molecule has 0 saturated heterocycles. The molecule has 1 amide bonds. The largest absolute Gasteiger partial charge is 0.460 e. The van der Waals surface area contributed by atoms with Crippen LogP contribution in [0.3, 0.4) is 0 Å². The number of carbonyl (C=O) groups excluding carboxylic acids is 2. The van der Waals surface area contributed by atoms with E-state index in [4.69, 9.17) is 13.7 Å². The van der Waals surface area contributed by atoms with E-state index in [-0.39, 0.29) is 37.1 Å². The molecule has 1 aliphatic rings. The highest BCUT2D eigenvalue weighted by Gasteiger charge is 2.37. The third-order valence-corrected chi connectivity index (χ3v) is 5.30. The molecule has 1 aromatic rings. The Morgan fingerprint density at radius 3 is 2.40 bits per heavy atom. The summed E-state index contributed by atoms with van der Waals surface area (Å²) in [5, 5.41) is 2.80. The highest BCUT2D eigenvalue weighted by Crippen LogP contribution is 2.32. The molecule has 1 aromatic carbocycles. The van der Waals surface area contributed by atoms with Crippen molar-refractivity contribution in [1.29, 1.82) is 0 Å². The zero-order chi connectivity index (χ0) is 22.4. The van der Waals surface area contributed by atoms with E-state index in [1.54, 1.807) is 20.8 Å². The number of amides is 1. The third-order valence-electron chi connectivity index (χ3n) is 4.73. The molecule has 0 aromatic heterocycles. The van der Waals surface area contributed by atoms with Crippen LogP contribution >= 0.6 is 0 Å². The van der Waals surface area contributed by atoms with Crippen molar-refractivity contribution in [2.24, 2.45) is 11.8 Å². The molecule has 0 aliphatic heterocycles. The van der Waals surface area contributed by atoms with Crippen molar-refractivity contribution in [3.05, 3.63) is 35.9 Å². The molecule has 9 heteroatoms. The zero-order valence-corrected chi connectivity index (χ0v) is 18.7. The van der Waals surface area contributed by atoms with Gasteiger partial charge in [0.1, 0.15) is 12.2 Å². The van der Waals surface area contributed by atoms with Gasteiger partial charge < -0.3 is 14.8 Å². The first kappa shape index (κ1) is 24.1. The molecular formula is C21H31NO7S. The van der Waals surface area contributed by atoms with Crippen molar-refractivity contribution < 1.29 is 31.7 Å². The van der Waals surface area contributed by atoms with E-state index in [1.165, 1.54) is 0 Å². The van der Waals surface area contributed by atoms with E-state index in [2.05, 4.69) is 5.32 Å². The molecule has 30 heavy (non-hydrogen) atoms. The molecule has 2 rings (SSSR count). The predicted octanol–water partition coefficient (Wildman–Crippen LogP) is 3.02. The van der Waals surface area contributed by atoms with Gasteiger partial charge in [-0.1, -0.05) is 30.3 Å². The second-order valence-corrected chi connectivity index (χ2v) is 10.2. The van der Waals surface area contributed by atoms with Crippen LogP contribution in [0.1, 0.15) is 45.6 Å². The van der Waals surface area contributed by atoms with Gasteiger partial charge in [-0.15, -0.1) is 0 Å². The third kappa shape index (κ3) is 8.71. The van der Waals surface area contributed by atoms with Crippen molar-refractivity contribution in [2.75, 3.05) is 12.9 Å². The number of carbonyl (C=O) groups is 2. The molecule has 0 heterocycles. The Hall–Kier alpha value is -2.13. The predicted molar refractivity (Wildman–Crippen MR) is 111 cm³/mol. The van der Waals surface area contributed by atoms with E-state index in [0.29, 0.717) is 19.3 Å². The second kappa shape index (κ2) is 10.3. The fourth-order valence-corrected chi connectivity index (χ4v) is 3.79. The van der Waals surface area contributed by atoms with Crippen LogP contribution in [0, 0.1) is 11.8 Å². The van der Waals surface area contributed by atoms with E-state index >= 15 is 0 Å². The minimum Gasteiger partial charge on any atom is -0.460 e. The van der Waals surface area contributed by atoms with Gasteiger partial charge in [0.05, 0.1) is 18.8 Å². The summed E-state index contributed by atoms with van der Waals surface area (Å²) in [6, 6.07) is 8.91. The van der Waals surface area contributed by atoms with Gasteiger partial charge in [0.15, 0.2) is 0 Å². The molecular weight excluding hydrogens is 410 g/mol. The van der Waals surface area contributed by atoms with Crippen LogP contribution in [0.15, 0.2) is 30.3 Å². The van der Waals surface area contributed by atoms with Crippen LogP contribution in [0.2, 0.25) is 0 Å². The smallest absolute Gasteiger partial charge is 0.407 e. The topological polar surface area (TPSA) is 108 Å². The van der Waals surface area contributed by atoms with E-state index in [0.717, 1.165) is 11.8 Å². The van der Waals surface area contributed by atoms with Gasteiger partial charge in [-0.25, -0.2) is 4.79 Å². The van der Waals surface area contributed by atoms with Gasteiger partial charge in [-0.3, -0.25) is 8.98 Å². The summed E-state index contributed by atoms with van der Waals surface area (Å²) >= 11 is 0. The lowest BCUT2D eigenvalue weighted by Gasteiger charge is -2.36. The van der Waals surface area contributed by atoms with Crippen molar-refractivity contribution >= 4 is 22.2 Å². The van der Waals surface area contributed by atoms with Crippen molar-refractivity contribution in [2.45, 2.75) is 58.3 Å². The molecule has 0 spiro atoms. The molecule has 3 atom stereocenters. The van der Waals surface area contributed by atoms with Crippen molar-refractivity contribution in [3.8, 4) is 0 Å². The number of ether oxygens (including phenoxy) is 2. The monoisotopic (exact) mass is 441 g/mol. The first-order valence-corrected chi connectivity index (χ1v) is 11.8. The summed E-state index contributed by atoms with van der Waals surface area (Å²) in [7, 11) is -3.65. The van der Waals surface area contributed by atoms with Gasteiger partial charge >= 0.3 is 12.1 Å². The minimum atomic E-state index is -3.65. The molecule has 1 fully saturated rings. The highest BCUT2D eigenvalue weighted by atomic mass is 32.2. The zero-order valence-electron chi connectivity index (χ0n) is 17.9. The van der Waals surface area contributed by atoms with Gasteiger partial charge in [-0.05, 0) is 45.6 Å². The number of alkyl carbamates (subject to hydrolysis) is 1. The van der Waals surface area contributed by atoms with Crippen molar-refractivity contribution in [3.63, 3.8) is 0 Å². The average Bonchev–Trinajstić information content (AvgIpc) is 2.64. The lowest BCUT2D eigenvalue weighted by molar-refractivity contribution is -0.162. The number of nitrogens with one attached hydrogen (secondary N) is 1. The van der Waals surface area contributed by atoms with E-state index in [1.807, 2.05) is 30.3 Å². The Bertz CT molecular complexity index is 818. The van der Waals surface area contributed by atoms with E-state index < -0.39 is 21.8 Å². The molecule has 1 saturated carbocycles. The Kier molecular flexibility index (Phi) is 8.25. The normalized spacial score (nSPS) is 22.2. The summed E-state index contributed by atoms with van der Waals surface area (Å²) in [5.74, 6) is -1.07. The first-order chi connectivity index (χ1) is 13.9. The number of esters is 1. The Balaban J connectivity index is 1.98. The molecule has 168 valence electrons. The average molecular weight is 442 g/mol. The van der Waals surface area contributed by atoms with Crippen LogP contribution in [-0.4, -0.2) is 45.0 Å². The summed E-state index contributed by atoms with van der Waals surface area (Å²) in [6.07, 6.45) is 1.74. The molecule has 0 radical (unpaired) electrons. The van der Waals surface area contributed by atoms with Gasteiger partial charge in [-0.2, -0.15) is 8.42 Å². The van der Waals surface area contributed by atoms with E-state index in [9.17, 15) is 18.0 Å². The number of hydrogen-bond acceptors (Lipinski definition) is 7. The van der Waals surface area contributed by atoms with Crippen LogP contribution in [0.25, 0.3) is 0 Å². The quantitative estimate of drug-likeness (QED) is 0.512. The summed E-state index contributed by atoms with van der Waals surface area (Å²) in [5.41, 5.74) is 0.255. The molecule has 1 aliphatic carbocycles. The standard InChI is InChI=1S/C21H31NO7S/c1-21(2,3)29-19(23)16-10-11-18(17(12-16)14-28-30(4,25)26)22-20(24)27-13-15-8-6-5-7-9-15/h5-9,16-18H,10-14H2,1-4H3,(H,22,24)/t16-,17+,18+/m1/s1. The fourth-order valence-electron chi connectivity index (χ4n) is 3.36. The van der Waals surface area contributed by atoms with Gasteiger partial charge in [0.2, 0.25) is 0 Å². The van der Waals surface area contributed by atoms with Crippen molar-refractivity contribution in [1.82, 2.24) is 5.32 Å². The Labute approximate surface area is 178 Å². The van der Waals surface area contributed by atoms with Crippen LogP contribution in [0.4, 0.5) is 4.79 Å². The summed E-state index contributed by atoms with van der Waals surface area (Å²) in [4.78, 5) is 24.7. The van der Waals surface area contributed by atoms with Crippen LogP contribution < -0.4 is 5.32 Å². The number of hydrogen-bond donors (Lipinski definition) is 1. The minimum absolute atomic E-state index is 0.123. The number of rotatable bonds is 7. The SMILES string of the molecule is CC(C)(C)OC(=O)[C@@H]1CC[C@H](NC(=O)OCc2ccccc2)[C@H](COS(C)(=O)=O)C1. The number of benzene rings is 1. The highest BCUT2D eigenvalue weighted by molar-refractivity contribution is 7.85. The maximum absolute atomic E-state index is 12.5. The maximum Gasteiger partial charge on any atom is 0.407 e. The maximum atomic E-state index is 12.5. The van der Waals surface area contributed by atoms with Gasteiger partial charge in [0.25, 0.3) is 10.1 Å². The first-order valence-electron chi connectivity index (χ1n) is 9.97. The van der Waals surface area contributed by atoms with Gasteiger partial charge in [0, 0.05) is 12.0 Å². The Morgan fingerprint density at radius 2 is 1.80 bits per heavy atom. The molecule has 1 N–H and O–H groups in total. The van der Waals surface area contributed by atoms with Crippen LogP contribution in [0.5, 0.6) is 0 Å². The Morgan fingerprint density at radius 1 is 1.13 bits per heavy atom. The molecule has 8 nitrogen and oxygen atoms in total.